The van der Waals surface area contributed by atoms with Crippen LogP contribution >= 0.6 is 11.6 Å². The molecule has 4 nitrogen and oxygen atoms in total. The number of nitrogens with one attached hydrogen (secondary N) is 1. The minimum atomic E-state index is -0.112. The van der Waals surface area contributed by atoms with E-state index in [1.54, 1.807) is 11.7 Å². The molecular weight excluding hydrogens is 262 g/mol. The maximum absolute atomic E-state index is 12.4. The number of aryl methyl sites for hydroxylation is 2. The van der Waals surface area contributed by atoms with Crippen molar-refractivity contribution in [3.8, 4) is 0 Å². The van der Waals surface area contributed by atoms with Crippen LogP contribution in [0.3, 0.4) is 0 Å². The van der Waals surface area contributed by atoms with E-state index < -0.39 is 0 Å². The molecule has 19 heavy (non-hydrogen) atoms. The van der Waals surface area contributed by atoms with E-state index in [1.165, 1.54) is 12.8 Å². The highest BCUT2D eigenvalue weighted by Gasteiger charge is 2.29. The molecule has 1 aromatic rings. The molecule has 0 bridgehead atoms. The van der Waals surface area contributed by atoms with E-state index in [2.05, 4.69) is 24.3 Å². The molecule has 0 spiro atoms. The van der Waals surface area contributed by atoms with Gasteiger partial charge in [-0.1, -0.05) is 38.3 Å². The summed E-state index contributed by atoms with van der Waals surface area (Å²) in [4.78, 5) is 12.4. The fraction of sp³-hybridized carbons (Fsp3) is 0.714. The van der Waals surface area contributed by atoms with E-state index >= 15 is 0 Å². The summed E-state index contributed by atoms with van der Waals surface area (Å²) in [7, 11) is 1.75. The summed E-state index contributed by atoms with van der Waals surface area (Å²) >= 11 is 6.15. The van der Waals surface area contributed by atoms with Gasteiger partial charge in [0.2, 0.25) is 0 Å². The summed E-state index contributed by atoms with van der Waals surface area (Å²) in [6.07, 6.45) is 3.47. The van der Waals surface area contributed by atoms with Crippen LogP contribution in [0.4, 0.5) is 0 Å². The largest absolute Gasteiger partial charge is 0.348 e. The monoisotopic (exact) mass is 283 g/mol. The Labute approximate surface area is 119 Å². The molecule has 3 atom stereocenters. The van der Waals surface area contributed by atoms with Crippen molar-refractivity contribution >= 4 is 17.5 Å². The quantitative estimate of drug-likeness (QED) is 0.907. The lowest BCUT2D eigenvalue weighted by molar-refractivity contribution is 0.0881. The zero-order chi connectivity index (χ0) is 14.2. The van der Waals surface area contributed by atoms with Crippen LogP contribution in [-0.4, -0.2) is 21.7 Å². The molecule has 0 aromatic carbocycles. The lowest BCUT2D eigenvalue weighted by Crippen LogP contribution is -2.44. The highest BCUT2D eigenvalue weighted by Crippen LogP contribution is 2.30. The molecular formula is C14H22ClN3O. The Bertz CT molecular complexity index is 483. The zero-order valence-electron chi connectivity index (χ0n) is 12.0. The van der Waals surface area contributed by atoms with Gasteiger partial charge in [-0.3, -0.25) is 9.48 Å². The molecule has 1 aliphatic carbocycles. The first-order valence-electron chi connectivity index (χ1n) is 6.91. The topological polar surface area (TPSA) is 46.9 Å². The van der Waals surface area contributed by atoms with Crippen molar-refractivity contribution in [2.24, 2.45) is 18.9 Å². The van der Waals surface area contributed by atoms with Crippen LogP contribution in [0.2, 0.25) is 5.02 Å². The van der Waals surface area contributed by atoms with Gasteiger partial charge in [0.05, 0.1) is 10.7 Å². The van der Waals surface area contributed by atoms with E-state index in [4.69, 9.17) is 11.6 Å². The summed E-state index contributed by atoms with van der Waals surface area (Å²) in [5.74, 6) is 1.05. The summed E-state index contributed by atoms with van der Waals surface area (Å²) in [5, 5.41) is 7.76. The third kappa shape index (κ3) is 2.78. The molecule has 0 radical (unpaired) electrons. The number of hydrogen-bond donors (Lipinski definition) is 1. The molecule has 1 saturated carbocycles. The van der Waals surface area contributed by atoms with E-state index in [-0.39, 0.29) is 11.9 Å². The van der Waals surface area contributed by atoms with E-state index in [1.807, 2.05) is 6.92 Å². The Hall–Kier alpha value is -1.03. The normalized spacial score (nSPS) is 27.3. The molecule has 1 aromatic heterocycles. The molecule has 5 heteroatoms. The first-order chi connectivity index (χ1) is 8.91. The van der Waals surface area contributed by atoms with Crippen molar-refractivity contribution in [1.82, 2.24) is 15.1 Å². The highest BCUT2D eigenvalue weighted by atomic mass is 35.5. The van der Waals surface area contributed by atoms with Crippen LogP contribution in [0.1, 0.15) is 49.3 Å². The standard InChI is InChI=1S/C14H22ClN3O/c1-8-6-5-7-11(9(8)2)16-14(19)13-12(15)10(3)17-18(13)4/h8-9,11H,5-7H2,1-4H3,(H,16,19)/t8-,9-,11+/m0/s1. The predicted octanol–water partition coefficient (Wildman–Crippen LogP) is 2.94. The van der Waals surface area contributed by atoms with Crippen molar-refractivity contribution < 1.29 is 4.79 Å². The summed E-state index contributed by atoms with van der Waals surface area (Å²) < 4.78 is 1.56. The number of hydrogen-bond acceptors (Lipinski definition) is 2. The molecule has 1 amide bonds. The number of carbonyl (C=O) groups excluding carboxylic acids is 1. The fourth-order valence-corrected chi connectivity index (χ4v) is 3.15. The van der Waals surface area contributed by atoms with Crippen LogP contribution in [0, 0.1) is 18.8 Å². The first-order valence-corrected chi connectivity index (χ1v) is 7.29. The average molecular weight is 284 g/mol. The molecule has 1 heterocycles. The third-order valence-electron chi connectivity index (χ3n) is 4.39. The van der Waals surface area contributed by atoms with Crippen LogP contribution in [0.25, 0.3) is 0 Å². The lowest BCUT2D eigenvalue weighted by Gasteiger charge is -2.34. The number of carbonyl (C=O) groups is 1. The summed E-state index contributed by atoms with van der Waals surface area (Å²) in [5.41, 5.74) is 1.16. The fourth-order valence-electron chi connectivity index (χ4n) is 2.90. The maximum Gasteiger partial charge on any atom is 0.271 e. The lowest BCUT2D eigenvalue weighted by atomic mass is 9.78. The highest BCUT2D eigenvalue weighted by molar-refractivity contribution is 6.34. The van der Waals surface area contributed by atoms with E-state index in [0.29, 0.717) is 28.2 Å². The summed E-state index contributed by atoms with van der Waals surface area (Å²) in [6.45, 7) is 6.28. The molecule has 1 fully saturated rings. The van der Waals surface area contributed by atoms with Crippen molar-refractivity contribution in [2.75, 3.05) is 0 Å². The second-order valence-corrected chi connectivity index (χ2v) is 6.10. The van der Waals surface area contributed by atoms with Gasteiger partial charge < -0.3 is 5.32 Å². The minimum Gasteiger partial charge on any atom is -0.348 e. The van der Waals surface area contributed by atoms with Gasteiger partial charge in [-0.05, 0) is 25.2 Å². The average Bonchev–Trinajstić information content (AvgIpc) is 2.59. The number of amides is 1. The Morgan fingerprint density at radius 1 is 1.42 bits per heavy atom. The van der Waals surface area contributed by atoms with E-state index in [9.17, 15) is 4.79 Å². The molecule has 0 unspecified atom stereocenters. The van der Waals surface area contributed by atoms with Gasteiger partial charge in [0.25, 0.3) is 5.91 Å². The van der Waals surface area contributed by atoms with E-state index in [0.717, 1.165) is 6.42 Å². The molecule has 1 aliphatic rings. The van der Waals surface area contributed by atoms with Crippen LogP contribution in [-0.2, 0) is 7.05 Å². The smallest absolute Gasteiger partial charge is 0.271 e. The van der Waals surface area contributed by atoms with Crippen molar-refractivity contribution in [3.05, 3.63) is 16.4 Å². The first kappa shape index (κ1) is 14.4. The number of rotatable bonds is 2. The van der Waals surface area contributed by atoms with Gasteiger partial charge >= 0.3 is 0 Å². The number of halogens is 1. The molecule has 0 aliphatic heterocycles. The Kier molecular flexibility index (Phi) is 4.19. The van der Waals surface area contributed by atoms with Crippen LogP contribution in [0.15, 0.2) is 0 Å². The second-order valence-electron chi connectivity index (χ2n) is 5.72. The SMILES string of the molecule is Cc1nn(C)c(C(=O)N[C@@H]2CCC[C@H](C)[C@@H]2C)c1Cl. The third-order valence-corrected chi connectivity index (χ3v) is 4.84. The van der Waals surface area contributed by atoms with Gasteiger partial charge in [0.15, 0.2) is 0 Å². The van der Waals surface area contributed by atoms with Crippen molar-refractivity contribution in [2.45, 2.75) is 46.1 Å². The van der Waals surface area contributed by atoms with Gasteiger partial charge in [0, 0.05) is 13.1 Å². The van der Waals surface area contributed by atoms with Gasteiger partial charge in [0.1, 0.15) is 5.69 Å². The Morgan fingerprint density at radius 2 is 2.11 bits per heavy atom. The zero-order valence-corrected chi connectivity index (χ0v) is 12.8. The van der Waals surface area contributed by atoms with Gasteiger partial charge in [-0.2, -0.15) is 5.10 Å². The number of aromatic nitrogens is 2. The van der Waals surface area contributed by atoms with Crippen molar-refractivity contribution in [3.63, 3.8) is 0 Å². The predicted molar refractivity (Wildman–Crippen MR) is 76.4 cm³/mol. The minimum absolute atomic E-state index is 0.112. The molecule has 2 rings (SSSR count). The van der Waals surface area contributed by atoms with Gasteiger partial charge in [-0.15, -0.1) is 0 Å². The number of nitrogens with zero attached hydrogens (tertiary/aromatic N) is 2. The summed E-state index contributed by atoms with van der Waals surface area (Å²) in [6, 6.07) is 0.238. The Morgan fingerprint density at radius 3 is 2.68 bits per heavy atom. The second kappa shape index (κ2) is 5.53. The van der Waals surface area contributed by atoms with Crippen LogP contribution < -0.4 is 5.32 Å². The van der Waals surface area contributed by atoms with Crippen molar-refractivity contribution in [1.29, 1.82) is 0 Å². The molecule has 0 saturated heterocycles. The molecule has 106 valence electrons. The van der Waals surface area contributed by atoms with Crippen LogP contribution in [0.5, 0.6) is 0 Å². The Balaban J connectivity index is 2.12. The maximum atomic E-state index is 12.4. The van der Waals surface area contributed by atoms with Gasteiger partial charge in [-0.25, -0.2) is 0 Å². The molecule has 1 N–H and O–H groups in total.